The third-order valence-corrected chi connectivity index (χ3v) is 4.23. The SMILES string of the molecule is CC(=O)Nc1ccc(C(=O)NC2CCN(C(=O)C(C)(C)C)CC2)cc1. The van der Waals surface area contributed by atoms with Gasteiger partial charge in [0.05, 0.1) is 0 Å². The van der Waals surface area contributed by atoms with Crippen molar-refractivity contribution in [3.8, 4) is 0 Å². The van der Waals surface area contributed by atoms with Gasteiger partial charge in [0.1, 0.15) is 0 Å². The van der Waals surface area contributed by atoms with Crippen LogP contribution in [0.3, 0.4) is 0 Å². The monoisotopic (exact) mass is 345 g/mol. The first kappa shape index (κ1) is 19.0. The molecule has 0 bridgehead atoms. The Hall–Kier alpha value is -2.37. The van der Waals surface area contributed by atoms with Crippen LogP contribution >= 0.6 is 0 Å². The number of hydrogen-bond donors (Lipinski definition) is 2. The summed E-state index contributed by atoms with van der Waals surface area (Å²) in [5.74, 6) is -0.116. The van der Waals surface area contributed by atoms with Crippen LogP contribution in [0, 0.1) is 5.41 Å². The molecule has 0 saturated carbocycles. The Balaban J connectivity index is 1.86. The quantitative estimate of drug-likeness (QED) is 0.883. The Bertz CT molecular complexity index is 639. The molecule has 6 nitrogen and oxygen atoms in total. The van der Waals surface area contributed by atoms with E-state index in [4.69, 9.17) is 0 Å². The van der Waals surface area contributed by atoms with Crippen LogP contribution in [0.5, 0.6) is 0 Å². The minimum absolute atomic E-state index is 0.0755. The zero-order valence-corrected chi connectivity index (χ0v) is 15.4. The zero-order chi connectivity index (χ0) is 18.6. The maximum absolute atomic E-state index is 12.3. The fourth-order valence-electron chi connectivity index (χ4n) is 2.88. The van der Waals surface area contributed by atoms with E-state index in [2.05, 4.69) is 10.6 Å². The molecular formula is C19H27N3O3. The van der Waals surface area contributed by atoms with Gasteiger partial charge in [-0.25, -0.2) is 0 Å². The molecule has 1 aliphatic rings. The van der Waals surface area contributed by atoms with Crippen LogP contribution in [0.1, 0.15) is 50.9 Å². The van der Waals surface area contributed by atoms with Gasteiger partial charge in [0, 0.05) is 42.7 Å². The normalized spacial score (nSPS) is 15.6. The van der Waals surface area contributed by atoms with Crippen LogP contribution in [0.15, 0.2) is 24.3 Å². The lowest BCUT2D eigenvalue weighted by Crippen LogP contribution is -2.49. The molecule has 1 aromatic rings. The van der Waals surface area contributed by atoms with E-state index in [0.29, 0.717) is 24.3 Å². The van der Waals surface area contributed by atoms with E-state index in [1.54, 1.807) is 24.3 Å². The molecule has 0 aliphatic carbocycles. The number of piperidine rings is 1. The van der Waals surface area contributed by atoms with Crippen LogP contribution in [0.4, 0.5) is 5.69 Å². The lowest BCUT2D eigenvalue weighted by atomic mass is 9.93. The standard InChI is InChI=1S/C19H27N3O3/c1-13(23)20-15-7-5-14(6-8-15)17(24)21-16-9-11-22(12-10-16)18(25)19(2,3)4/h5-8,16H,9-12H2,1-4H3,(H,20,23)(H,21,24). The fraction of sp³-hybridized carbons (Fsp3) is 0.526. The summed E-state index contributed by atoms with van der Waals surface area (Å²) in [6, 6.07) is 6.88. The van der Waals surface area contributed by atoms with Gasteiger partial charge in [-0.1, -0.05) is 20.8 Å². The number of carbonyl (C=O) groups is 3. The van der Waals surface area contributed by atoms with Crippen LogP contribution < -0.4 is 10.6 Å². The Morgan fingerprint density at radius 2 is 1.60 bits per heavy atom. The van der Waals surface area contributed by atoms with Crippen molar-refractivity contribution in [2.24, 2.45) is 5.41 Å². The number of amides is 3. The second-order valence-electron chi connectivity index (χ2n) is 7.55. The Labute approximate surface area is 149 Å². The first-order valence-corrected chi connectivity index (χ1v) is 8.64. The van der Waals surface area contributed by atoms with Crippen molar-refractivity contribution in [3.63, 3.8) is 0 Å². The van der Waals surface area contributed by atoms with E-state index < -0.39 is 0 Å². The summed E-state index contributed by atoms with van der Waals surface area (Å²) in [5, 5.41) is 5.70. The highest BCUT2D eigenvalue weighted by atomic mass is 16.2. The molecular weight excluding hydrogens is 318 g/mol. The van der Waals surface area contributed by atoms with Gasteiger partial charge in [-0.2, -0.15) is 0 Å². The van der Waals surface area contributed by atoms with Gasteiger partial charge < -0.3 is 15.5 Å². The van der Waals surface area contributed by atoms with Gasteiger partial charge in [-0.15, -0.1) is 0 Å². The number of benzene rings is 1. The molecule has 25 heavy (non-hydrogen) atoms. The van der Waals surface area contributed by atoms with E-state index in [-0.39, 0.29) is 29.2 Å². The van der Waals surface area contributed by atoms with E-state index in [9.17, 15) is 14.4 Å². The summed E-state index contributed by atoms with van der Waals surface area (Å²) in [4.78, 5) is 37.5. The number of nitrogens with one attached hydrogen (secondary N) is 2. The molecule has 0 aromatic heterocycles. The molecule has 3 amide bonds. The Kier molecular flexibility index (Phi) is 5.82. The first-order chi connectivity index (χ1) is 11.7. The van der Waals surface area contributed by atoms with Crippen LogP contribution in [-0.2, 0) is 9.59 Å². The van der Waals surface area contributed by atoms with Gasteiger partial charge >= 0.3 is 0 Å². The van der Waals surface area contributed by atoms with Crippen molar-refractivity contribution >= 4 is 23.4 Å². The van der Waals surface area contributed by atoms with Crippen molar-refractivity contribution in [1.82, 2.24) is 10.2 Å². The molecule has 1 aromatic carbocycles. The third-order valence-electron chi connectivity index (χ3n) is 4.23. The molecule has 136 valence electrons. The molecule has 1 saturated heterocycles. The summed E-state index contributed by atoms with van der Waals surface area (Å²) in [6.07, 6.45) is 1.52. The van der Waals surface area contributed by atoms with Crippen LogP contribution in [0.25, 0.3) is 0 Å². The predicted octanol–water partition coefficient (Wildman–Crippen LogP) is 2.41. The molecule has 2 rings (SSSR count). The summed E-state index contributed by atoms with van der Waals surface area (Å²) >= 11 is 0. The van der Waals surface area contributed by atoms with Gasteiger partial charge in [0.15, 0.2) is 0 Å². The summed E-state index contributed by atoms with van der Waals surface area (Å²) in [5.41, 5.74) is 0.853. The molecule has 0 spiro atoms. The number of likely N-dealkylation sites (tertiary alicyclic amines) is 1. The second kappa shape index (κ2) is 7.68. The minimum atomic E-state index is -0.369. The molecule has 1 fully saturated rings. The first-order valence-electron chi connectivity index (χ1n) is 8.64. The number of carbonyl (C=O) groups excluding carboxylic acids is 3. The van der Waals surface area contributed by atoms with Crippen molar-refractivity contribution in [1.29, 1.82) is 0 Å². The van der Waals surface area contributed by atoms with Gasteiger partial charge in [-0.05, 0) is 37.1 Å². The van der Waals surface area contributed by atoms with E-state index in [0.717, 1.165) is 12.8 Å². The van der Waals surface area contributed by atoms with Gasteiger partial charge in [0.25, 0.3) is 5.91 Å². The van der Waals surface area contributed by atoms with E-state index in [1.807, 2.05) is 25.7 Å². The number of rotatable bonds is 3. The molecule has 2 N–H and O–H groups in total. The summed E-state index contributed by atoms with van der Waals surface area (Å²) in [7, 11) is 0. The largest absolute Gasteiger partial charge is 0.349 e. The number of nitrogens with zero attached hydrogens (tertiary/aromatic N) is 1. The van der Waals surface area contributed by atoms with Crippen molar-refractivity contribution in [3.05, 3.63) is 29.8 Å². The lowest BCUT2D eigenvalue weighted by molar-refractivity contribution is -0.140. The number of anilines is 1. The molecule has 0 radical (unpaired) electrons. The second-order valence-corrected chi connectivity index (χ2v) is 7.55. The fourth-order valence-corrected chi connectivity index (χ4v) is 2.88. The highest BCUT2D eigenvalue weighted by Gasteiger charge is 2.30. The topological polar surface area (TPSA) is 78.5 Å². The van der Waals surface area contributed by atoms with Crippen molar-refractivity contribution in [2.75, 3.05) is 18.4 Å². The highest BCUT2D eigenvalue weighted by molar-refractivity contribution is 5.95. The van der Waals surface area contributed by atoms with E-state index in [1.165, 1.54) is 6.92 Å². The molecule has 1 aliphatic heterocycles. The van der Waals surface area contributed by atoms with Crippen LogP contribution in [0.2, 0.25) is 0 Å². The number of hydrogen-bond acceptors (Lipinski definition) is 3. The molecule has 0 unspecified atom stereocenters. The van der Waals surface area contributed by atoms with Crippen molar-refractivity contribution in [2.45, 2.75) is 46.6 Å². The van der Waals surface area contributed by atoms with Crippen LogP contribution in [-0.4, -0.2) is 41.8 Å². The third kappa shape index (κ3) is 5.31. The summed E-state index contributed by atoms with van der Waals surface area (Å²) in [6.45, 7) is 8.55. The molecule has 0 atom stereocenters. The Morgan fingerprint density at radius 3 is 2.08 bits per heavy atom. The smallest absolute Gasteiger partial charge is 0.251 e. The highest BCUT2D eigenvalue weighted by Crippen LogP contribution is 2.21. The van der Waals surface area contributed by atoms with Gasteiger partial charge in [0.2, 0.25) is 11.8 Å². The van der Waals surface area contributed by atoms with Gasteiger partial charge in [-0.3, -0.25) is 14.4 Å². The average Bonchev–Trinajstić information content (AvgIpc) is 2.54. The summed E-state index contributed by atoms with van der Waals surface area (Å²) < 4.78 is 0. The van der Waals surface area contributed by atoms with E-state index >= 15 is 0 Å². The Morgan fingerprint density at radius 1 is 1.04 bits per heavy atom. The molecule has 1 heterocycles. The lowest BCUT2D eigenvalue weighted by Gasteiger charge is -2.36. The maximum Gasteiger partial charge on any atom is 0.251 e. The van der Waals surface area contributed by atoms with Crippen molar-refractivity contribution < 1.29 is 14.4 Å². The molecule has 6 heteroatoms. The average molecular weight is 345 g/mol. The maximum atomic E-state index is 12.3. The predicted molar refractivity (Wildman–Crippen MR) is 97.3 cm³/mol. The zero-order valence-electron chi connectivity index (χ0n) is 15.4. The minimum Gasteiger partial charge on any atom is -0.349 e.